The topological polar surface area (TPSA) is 72.2 Å². The molecule has 2 amide bonds. The van der Waals surface area contributed by atoms with Gasteiger partial charge in [-0.2, -0.15) is 0 Å². The molecule has 0 spiro atoms. The molecule has 1 rings (SSSR count). The zero-order valence-electron chi connectivity index (χ0n) is 8.42. The van der Waals surface area contributed by atoms with Crippen molar-refractivity contribution < 1.29 is 9.59 Å². The van der Waals surface area contributed by atoms with E-state index in [1.807, 2.05) is 0 Å². The summed E-state index contributed by atoms with van der Waals surface area (Å²) in [5, 5.41) is 2.32. The van der Waals surface area contributed by atoms with Gasteiger partial charge in [-0.3, -0.25) is 14.9 Å². The third kappa shape index (κ3) is 3.46. The first-order valence-corrected chi connectivity index (χ1v) is 5.28. The molecule has 0 saturated carbocycles. The largest absolute Gasteiger partial charge is 0.330 e. The summed E-state index contributed by atoms with van der Waals surface area (Å²) < 4.78 is 0. The van der Waals surface area contributed by atoms with Gasteiger partial charge in [-0.25, -0.2) is 0 Å². The van der Waals surface area contributed by atoms with Crippen LogP contribution >= 0.6 is 0 Å². The number of carbonyl (C=O) groups excluding carboxylic acids is 2. The summed E-state index contributed by atoms with van der Waals surface area (Å²) in [6, 6.07) is 0. The lowest BCUT2D eigenvalue weighted by Gasteiger charge is -2.04. The van der Waals surface area contributed by atoms with Crippen molar-refractivity contribution in [2.24, 2.45) is 11.7 Å². The van der Waals surface area contributed by atoms with Crippen LogP contribution in [0.2, 0.25) is 0 Å². The molecule has 1 aliphatic rings. The molecule has 1 saturated heterocycles. The number of unbranched alkanes of at least 4 members (excludes halogenated alkanes) is 3. The molecule has 3 N–H and O–H groups in total. The third-order valence-corrected chi connectivity index (χ3v) is 2.57. The average molecular weight is 198 g/mol. The number of nitrogens with one attached hydrogen (secondary N) is 1. The minimum Gasteiger partial charge on any atom is -0.330 e. The second-order valence-electron chi connectivity index (χ2n) is 3.81. The van der Waals surface area contributed by atoms with Crippen molar-refractivity contribution in [3.63, 3.8) is 0 Å². The normalized spacial score (nSPS) is 21.4. The lowest BCUT2D eigenvalue weighted by Crippen LogP contribution is -2.21. The van der Waals surface area contributed by atoms with Crippen LogP contribution in [-0.4, -0.2) is 18.4 Å². The fraction of sp³-hybridized carbons (Fsp3) is 0.800. The standard InChI is InChI=1S/C10H18N2O2/c11-6-4-2-1-3-5-8-7-9(13)12-10(8)14/h8H,1-7,11H2,(H,12,13,14). The quantitative estimate of drug-likeness (QED) is 0.484. The van der Waals surface area contributed by atoms with E-state index in [0.717, 1.165) is 38.6 Å². The highest BCUT2D eigenvalue weighted by atomic mass is 16.2. The molecular weight excluding hydrogens is 180 g/mol. The van der Waals surface area contributed by atoms with Crippen molar-refractivity contribution in [3.8, 4) is 0 Å². The van der Waals surface area contributed by atoms with Gasteiger partial charge in [-0.15, -0.1) is 0 Å². The maximum absolute atomic E-state index is 11.2. The smallest absolute Gasteiger partial charge is 0.230 e. The van der Waals surface area contributed by atoms with Crippen LogP contribution < -0.4 is 11.1 Å². The Kier molecular flexibility index (Phi) is 4.59. The zero-order valence-corrected chi connectivity index (χ0v) is 8.42. The van der Waals surface area contributed by atoms with Crippen LogP contribution in [0, 0.1) is 5.92 Å². The van der Waals surface area contributed by atoms with Gasteiger partial charge in [0.1, 0.15) is 0 Å². The number of hydrogen-bond donors (Lipinski definition) is 2. The maximum atomic E-state index is 11.2. The molecule has 80 valence electrons. The Bertz CT molecular complexity index is 216. The van der Waals surface area contributed by atoms with E-state index in [4.69, 9.17) is 5.73 Å². The fourth-order valence-corrected chi connectivity index (χ4v) is 1.73. The second-order valence-corrected chi connectivity index (χ2v) is 3.81. The average Bonchev–Trinajstić information content (AvgIpc) is 2.45. The molecule has 1 aliphatic heterocycles. The first-order chi connectivity index (χ1) is 6.74. The van der Waals surface area contributed by atoms with Crippen molar-refractivity contribution in [3.05, 3.63) is 0 Å². The summed E-state index contributed by atoms with van der Waals surface area (Å²) in [4.78, 5) is 22.0. The van der Waals surface area contributed by atoms with Gasteiger partial charge in [0.05, 0.1) is 0 Å². The van der Waals surface area contributed by atoms with Gasteiger partial charge in [-0.1, -0.05) is 19.3 Å². The third-order valence-electron chi connectivity index (χ3n) is 2.57. The van der Waals surface area contributed by atoms with Crippen LogP contribution in [0.3, 0.4) is 0 Å². The van der Waals surface area contributed by atoms with Gasteiger partial charge in [-0.05, 0) is 19.4 Å². The van der Waals surface area contributed by atoms with E-state index in [-0.39, 0.29) is 17.7 Å². The minimum atomic E-state index is -0.123. The Morgan fingerprint density at radius 2 is 1.93 bits per heavy atom. The predicted molar refractivity (Wildman–Crippen MR) is 53.4 cm³/mol. The molecular formula is C10H18N2O2. The van der Waals surface area contributed by atoms with Gasteiger partial charge < -0.3 is 5.73 Å². The Labute approximate surface area is 84.2 Å². The summed E-state index contributed by atoms with van der Waals surface area (Å²) in [5.74, 6) is -0.281. The molecule has 0 radical (unpaired) electrons. The molecule has 0 bridgehead atoms. The molecule has 0 aliphatic carbocycles. The molecule has 0 aromatic carbocycles. The van der Waals surface area contributed by atoms with E-state index in [1.165, 1.54) is 0 Å². The first kappa shape index (κ1) is 11.2. The summed E-state index contributed by atoms with van der Waals surface area (Å²) in [5.41, 5.74) is 5.36. The van der Waals surface area contributed by atoms with Crippen molar-refractivity contribution in [1.82, 2.24) is 5.32 Å². The second kappa shape index (κ2) is 5.75. The fourth-order valence-electron chi connectivity index (χ4n) is 1.73. The lowest BCUT2D eigenvalue weighted by atomic mass is 9.99. The molecule has 1 fully saturated rings. The van der Waals surface area contributed by atoms with Gasteiger partial charge in [0, 0.05) is 12.3 Å². The van der Waals surface area contributed by atoms with E-state index >= 15 is 0 Å². The Balaban J connectivity index is 2.07. The zero-order chi connectivity index (χ0) is 10.4. The van der Waals surface area contributed by atoms with Crippen LogP contribution in [0.4, 0.5) is 0 Å². The molecule has 14 heavy (non-hydrogen) atoms. The summed E-state index contributed by atoms with van der Waals surface area (Å²) in [6.45, 7) is 0.738. The molecule has 1 heterocycles. The van der Waals surface area contributed by atoms with Crippen molar-refractivity contribution in [2.75, 3.05) is 6.54 Å². The van der Waals surface area contributed by atoms with E-state index in [0.29, 0.717) is 6.42 Å². The molecule has 1 atom stereocenters. The van der Waals surface area contributed by atoms with Crippen LogP contribution in [0.25, 0.3) is 0 Å². The van der Waals surface area contributed by atoms with E-state index in [1.54, 1.807) is 0 Å². The number of rotatable bonds is 6. The number of imide groups is 1. The van der Waals surface area contributed by atoms with Crippen molar-refractivity contribution >= 4 is 11.8 Å². The highest BCUT2D eigenvalue weighted by Crippen LogP contribution is 2.18. The van der Waals surface area contributed by atoms with E-state index in [9.17, 15) is 9.59 Å². The molecule has 4 heteroatoms. The Morgan fingerprint density at radius 3 is 2.50 bits per heavy atom. The minimum absolute atomic E-state index is 0.0691. The van der Waals surface area contributed by atoms with Crippen LogP contribution in [0.15, 0.2) is 0 Å². The number of nitrogens with two attached hydrogens (primary N) is 1. The predicted octanol–water partition coefficient (Wildman–Crippen LogP) is 0.558. The molecule has 0 aromatic rings. The lowest BCUT2D eigenvalue weighted by molar-refractivity contribution is -0.125. The Morgan fingerprint density at radius 1 is 1.21 bits per heavy atom. The highest BCUT2D eigenvalue weighted by Gasteiger charge is 2.29. The SMILES string of the molecule is NCCCCCCC1CC(=O)NC1=O. The molecule has 0 aromatic heterocycles. The summed E-state index contributed by atoms with van der Waals surface area (Å²) >= 11 is 0. The number of hydrogen-bond acceptors (Lipinski definition) is 3. The van der Waals surface area contributed by atoms with Crippen molar-refractivity contribution in [1.29, 1.82) is 0 Å². The van der Waals surface area contributed by atoms with E-state index < -0.39 is 0 Å². The summed E-state index contributed by atoms with van der Waals surface area (Å²) in [6.07, 6.45) is 5.52. The molecule has 4 nitrogen and oxygen atoms in total. The van der Waals surface area contributed by atoms with Gasteiger partial charge >= 0.3 is 0 Å². The van der Waals surface area contributed by atoms with E-state index in [2.05, 4.69) is 5.32 Å². The van der Waals surface area contributed by atoms with Crippen LogP contribution in [0.5, 0.6) is 0 Å². The van der Waals surface area contributed by atoms with Gasteiger partial charge in [0.25, 0.3) is 0 Å². The van der Waals surface area contributed by atoms with Crippen LogP contribution in [-0.2, 0) is 9.59 Å². The van der Waals surface area contributed by atoms with Crippen LogP contribution in [0.1, 0.15) is 38.5 Å². The summed E-state index contributed by atoms with van der Waals surface area (Å²) in [7, 11) is 0. The monoisotopic (exact) mass is 198 g/mol. The van der Waals surface area contributed by atoms with Gasteiger partial charge in [0.15, 0.2) is 0 Å². The van der Waals surface area contributed by atoms with Gasteiger partial charge in [0.2, 0.25) is 11.8 Å². The molecule has 1 unspecified atom stereocenters. The highest BCUT2D eigenvalue weighted by molar-refractivity contribution is 6.03. The number of carbonyl (C=O) groups is 2. The maximum Gasteiger partial charge on any atom is 0.230 e. The Hall–Kier alpha value is -0.900. The number of amides is 2. The van der Waals surface area contributed by atoms with Crippen molar-refractivity contribution in [2.45, 2.75) is 38.5 Å². The first-order valence-electron chi connectivity index (χ1n) is 5.28.